The molecule has 0 radical (unpaired) electrons. The standard InChI is InChI=1S/C15H18BrN3O2/c1-4-21-13-7-5-12(6-8-13)17-14(20)9-19-11(3)15(16)10(2)18-19/h5-8H,4,9H2,1-3H3,(H,17,20). The van der Waals surface area contributed by atoms with E-state index in [1.807, 2.05) is 45.0 Å². The van der Waals surface area contributed by atoms with Crippen molar-refractivity contribution in [2.45, 2.75) is 27.3 Å². The van der Waals surface area contributed by atoms with Gasteiger partial charge < -0.3 is 10.1 Å². The molecule has 1 amide bonds. The van der Waals surface area contributed by atoms with Crippen LogP contribution in [0.2, 0.25) is 0 Å². The zero-order valence-electron chi connectivity index (χ0n) is 12.3. The van der Waals surface area contributed by atoms with Crippen molar-refractivity contribution in [1.29, 1.82) is 0 Å². The van der Waals surface area contributed by atoms with Crippen LogP contribution >= 0.6 is 15.9 Å². The number of ether oxygens (including phenoxy) is 1. The Morgan fingerprint density at radius 2 is 2.00 bits per heavy atom. The van der Waals surface area contributed by atoms with E-state index in [2.05, 4.69) is 26.3 Å². The fourth-order valence-corrected chi connectivity index (χ4v) is 2.25. The van der Waals surface area contributed by atoms with Crippen molar-refractivity contribution < 1.29 is 9.53 Å². The lowest BCUT2D eigenvalue weighted by Gasteiger charge is -2.08. The van der Waals surface area contributed by atoms with Crippen LogP contribution in [-0.2, 0) is 11.3 Å². The molecule has 112 valence electrons. The third kappa shape index (κ3) is 3.85. The highest BCUT2D eigenvalue weighted by Crippen LogP contribution is 2.20. The summed E-state index contributed by atoms with van der Waals surface area (Å²) in [5.41, 5.74) is 2.56. The van der Waals surface area contributed by atoms with Crippen LogP contribution in [0, 0.1) is 13.8 Å². The molecule has 0 aliphatic rings. The van der Waals surface area contributed by atoms with E-state index in [0.717, 1.165) is 27.3 Å². The number of amides is 1. The van der Waals surface area contributed by atoms with Gasteiger partial charge in [0.15, 0.2) is 0 Å². The van der Waals surface area contributed by atoms with Crippen molar-refractivity contribution >= 4 is 27.5 Å². The number of hydrogen-bond acceptors (Lipinski definition) is 3. The predicted octanol–water partition coefficient (Wildman–Crippen LogP) is 3.30. The molecule has 0 saturated heterocycles. The third-order valence-electron chi connectivity index (χ3n) is 3.04. The molecule has 21 heavy (non-hydrogen) atoms. The van der Waals surface area contributed by atoms with Gasteiger partial charge >= 0.3 is 0 Å². The Labute approximate surface area is 132 Å². The summed E-state index contributed by atoms with van der Waals surface area (Å²) in [6.07, 6.45) is 0. The number of carbonyl (C=O) groups is 1. The van der Waals surface area contributed by atoms with E-state index in [-0.39, 0.29) is 12.5 Å². The molecule has 5 nitrogen and oxygen atoms in total. The van der Waals surface area contributed by atoms with Crippen molar-refractivity contribution in [3.05, 3.63) is 40.1 Å². The molecule has 2 aromatic rings. The number of anilines is 1. The first-order valence-corrected chi connectivity index (χ1v) is 7.52. The summed E-state index contributed by atoms with van der Waals surface area (Å²) in [7, 11) is 0. The zero-order valence-corrected chi connectivity index (χ0v) is 13.9. The molecule has 0 spiro atoms. The second-order valence-electron chi connectivity index (χ2n) is 4.65. The number of hydrogen-bond donors (Lipinski definition) is 1. The molecule has 1 aromatic heterocycles. The Morgan fingerprint density at radius 1 is 1.33 bits per heavy atom. The fraction of sp³-hybridized carbons (Fsp3) is 0.333. The zero-order chi connectivity index (χ0) is 15.4. The Bertz CT molecular complexity index is 635. The lowest BCUT2D eigenvalue weighted by Crippen LogP contribution is -2.20. The average Bonchev–Trinajstić information content (AvgIpc) is 2.69. The van der Waals surface area contributed by atoms with Crippen LogP contribution in [0.4, 0.5) is 5.69 Å². The SMILES string of the molecule is CCOc1ccc(NC(=O)Cn2nc(C)c(Br)c2C)cc1. The largest absolute Gasteiger partial charge is 0.494 e. The second-order valence-corrected chi connectivity index (χ2v) is 5.44. The highest BCUT2D eigenvalue weighted by atomic mass is 79.9. The molecule has 1 N–H and O–H groups in total. The van der Waals surface area contributed by atoms with Gasteiger partial charge in [-0.3, -0.25) is 9.48 Å². The normalized spacial score (nSPS) is 10.5. The molecule has 0 unspecified atom stereocenters. The van der Waals surface area contributed by atoms with Gasteiger partial charge in [0.2, 0.25) is 5.91 Å². The van der Waals surface area contributed by atoms with Crippen LogP contribution < -0.4 is 10.1 Å². The smallest absolute Gasteiger partial charge is 0.246 e. The summed E-state index contributed by atoms with van der Waals surface area (Å²) >= 11 is 3.45. The maximum absolute atomic E-state index is 12.0. The number of nitrogens with one attached hydrogen (secondary N) is 1. The Morgan fingerprint density at radius 3 is 2.52 bits per heavy atom. The first-order chi connectivity index (χ1) is 10.0. The lowest BCUT2D eigenvalue weighted by molar-refractivity contribution is -0.116. The van der Waals surface area contributed by atoms with Crippen LogP contribution in [0.15, 0.2) is 28.7 Å². The van der Waals surface area contributed by atoms with E-state index in [4.69, 9.17) is 4.74 Å². The van der Waals surface area contributed by atoms with Gasteiger partial charge in [-0.2, -0.15) is 5.10 Å². The molecule has 0 saturated carbocycles. The number of aryl methyl sites for hydroxylation is 1. The molecule has 1 heterocycles. The number of aromatic nitrogens is 2. The fourth-order valence-electron chi connectivity index (χ4n) is 1.97. The molecular formula is C15H18BrN3O2. The molecule has 0 aliphatic carbocycles. The summed E-state index contributed by atoms with van der Waals surface area (Å²) < 4.78 is 7.99. The molecule has 0 aliphatic heterocycles. The van der Waals surface area contributed by atoms with Crippen molar-refractivity contribution in [3.63, 3.8) is 0 Å². The maximum atomic E-state index is 12.0. The first-order valence-electron chi connectivity index (χ1n) is 6.73. The van der Waals surface area contributed by atoms with E-state index in [9.17, 15) is 4.79 Å². The average molecular weight is 352 g/mol. The quantitative estimate of drug-likeness (QED) is 0.898. The van der Waals surface area contributed by atoms with Gasteiger partial charge in [-0.05, 0) is 61.0 Å². The number of nitrogens with zero attached hydrogens (tertiary/aromatic N) is 2. The van der Waals surface area contributed by atoms with E-state index in [1.165, 1.54) is 0 Å². The number of rotatable bonds is 5. The first kappa shape index (κ1) is 15.6. The number of halogens is 1. The van der Waals surface area contributed by atoms with Crippen LogP contribution in [0.25, 0.3) is 0 Å². The second kappa shape index (κ2) is 6.76. The van der Waals surface area contributed by atoms with E-state index < -0.39 is 0 Å². The summed E-state index contributed by atoms with van der Waals surface area (Å²) in [6, 6.07) is 7.30. The molecule has 0 atom stereocenters. The monoisotopic (exact) mass is 351 g/mol. The highest BCUT2D eigenvalue weighted by Gasteiger charge is 2.11. The molecule has 2 rings (SSSR count). The minimum Gasteiger partial charge on any atom is -0.494 e. The van der Waals surface area contributed by atoms with Crippen molar-refractivity contribution in [3.8, 4) is 5.75 Å². The van der Waals surface area contributed by atoms with Gasteiger partial charge in [0.25, 0.3) is 0 Å². The molecular weight excluding hydrogens is 334 g/mol. The molecule has 1 aromatic carbocycles. The van der Waals surface area contributed by atoms with Crippen LogP contribution in [0.3, 0.4) is 0 Å². The summed E-state index contributed by atoms with van der Waals surface area (Å²) in [5, 5.41) is 7.16. The van der Waals surface area contributed by atoms with Crippen LogP contribution in [0.5, 0.6) is 5.75 Å². The number of carbonyl (C=O) groups excluding carboxylic acids is 1. The highest BCUT2D eigenvalue weighted by molar-refractivity contribution is 9.10. The van der Waals surface area contributed by atoms with E-state index in [1.54, 1.807) is 4.68 Å². The minimum absolute atomic E-state index is 0.114. The summed E-state index contributed by atoms with van der Waals surface area (Å²) in [6.45, 7) is 6.57. The topological polar surface area (TPSA) is 56.1 Å². The van der Waals surface area contributed by atoms with Crippen molar-refractivity contribution in [2.24, 2.45) is 0 Å². The van der Waals surface area contributed by atoms with Gasteiger partial charge in [-0.1, -0.05) is 0 Å². The van der Waals surface area contributed by atoms with Gasteiger partial charge in [0.05, 0.1) is 22.5 Å². The minimum atomic E-state index is -0.114. The van der Waals surface area contributed by atoms with Crippen molar-refractivity contribution in [1.82, 2.24) is 9.78 Å². The Balaban J connectivity index is 1.99. The van der Waals surface area contributed by atoms with E-state index in [0.29, 0.717) is 6.61 Å². The number of benzene rings is 1. The van der Waals surface area contributed by atoms with Crippen molar-refractivity contribution in [2.75, 3.05) is 11.9 Å². The van der Waals surface area contributed by atoms with Gasteiger partial charge in [0, 0.05) is 5.69 Å². The Kier molecular flexibility index (Phi) is 5.01. The van der Waals surface area contributed by atoms with Gasteiger partial charge in [-0.25, -0.2) is 0 Å². The summed E-state index contributed by atoms with van der Waals surface area (Å²) in [4.78, 5) is 12.0. The summed E-state index contributed by atoms with van der Waals surface area (Å²) in [5.74, 6) is 0.676. The maximum Gasteiger partial charge on any atom is 0.246 e. The van der Waals surface area contributed by atoms with Gasteiger partial charge in [-0.15, -0.1) is 0 Å². The van der Waals surface area contributed by atoms with Crippen LogP contribution in [-0.4, -0.2) is 22.3 Å². The molecule has 0 bridgehead atoms. The predicted molar refractivity (Wildman–Crippen MR) is 85.6 cm³/mol. The molecule has 6 heteroatoms. The van der Waals surface area contributed by atoms with E-state index >= 15 is 0 Å². The Hall–Kier alpha value is -1.82. The third-order valence-corrected chi connectivity index (χ3v) is 4.18. The molecule has 0 fully saturated rings. The lowest BCUT2D eigenvalue weighted by atomic mass is 10.3. The van der Waals surface area contributed by atoms with Crippen LogP contribution in [0.1, 0.15) is 18.3 Å². The van der Waals surface area contributed by atoms with Gasteiger partial charge in [0.1, 0.15) is 12.3 Å².